The van der Waals surface area contributed by atoms with Gasteiger partial charge in [0.15, 0.2) is 0 Å². The molecule has 0 heterocycles. The lowest BCUT2D eigenvalue weighted by molar-refractivity contribution is -0.132. The molecule has 0 saturated carbocycles. The summed E-state index contributed by atoms with van der Waals surface area (Å²) < 4.78 is 0. The van der Waals surface area contributed by atoms with Gasteiger partial charge in [0.25, 0.3) is 0 Å². The first kappa shape index (κ1) is 35.0. The highest BCUT2D eigenvalue weighted by atomic mass is 16.3. The normalized spacial score (nSPS) is 15.2. The third kappa shape index (κ3) is 20.1. The van der Waals surface area contributed by atoms with Crippen LogP contribution in [0.25, 0.3) is 0 Å². The molecule has 0 spiro atoms. The van der Waals surface area contributed by atoms with Gasteiger partial charge in [-0.25, -0.2) is 0 Å². The monoisotopic (exact) mass is 513 g/mol. The second-order valence-corrected chi connectivity index (χ2v) is 10.4. The second-order valence-electron chi connectivity index (χ2n) is 10.4. The number of hydrogen-bond acceptors (Lipinski definition) is 5. The van der Waals surface area contributed by atoms with E-state index >= 15 is 0 Å². The van der Waals surface area contributed by atoms with Crippen LogP contribution in [0.4, 0.5) is 0 Å². The molecule has 0 aromatic rings. The van der Waals surface area contributed by atoms with E-state index in [1.54, 1.807) is 0 Å². The number of unbranched alkanes of at least 4 members (excludes halogenated alkanes) is 15. The standard InChI is InChI=1S/C30H59NO5/c1-3-5-7-9-11-12-13-14-15-16-18-20-22-24-28(34)30(36)31-26(25-32)29(35)27(33)23-21-19-17-10-8-6-4-2/h10,17,26-29,32-35H,3-9,11-16,18-25H2,1-2H3,(H,31,36)/b17-10+. The van der Waals surface area contributed by atoms with Crippen LogP contribution in [0.1, 0.15) is 142 Å². The molecule has 36 heavy (non-hydrogen) atoms. The number of aliphatic hydroxyl groups excluding tert-OH is 4. The van der Waals surface area contributed by atoms with Crippen LogP contribution in [0.3, 0.4) is 0 Å². The number of allylic oxidation sites excluding steroid dienone is 2. The zero-order valence-corrected chi connectivity index (χ0v) is 23.5. The van der Waals surface area contributed by atoms with Crippen molar-refractivity contribution in [2.75, 3.05) is 6.61 Å². The second kappa shape index (κ2) is 25.7. The Balaban J connectivity index is 3.90. The maximum Gasteiger partial charge on any atom is 0.249 e. The van der Waals surface area contributed by atoms with Gasteiger partial charge in [-0.3, -0.25) is 4.79 Å². The zero-order valence-electron chi connectivity index (χ0n) is 23.5. The first-order valence-electron chi connectivity index (χ1n) is 15.1. The van der Waals surface area contributed by atoms with Crippen LogP contribution in [0.15, 0.2) is 12.2 Å². The fourth-order valence-electron chi connectivity index (χ4n) is 4.45. The highest BCUT2D eigenvalue weighted by Crippen LogP contribution is 2.14. The predicted octanol–water partition coefficient (Wildman–Crippen LogP) is 5.94. The molecule has 0 aliphatic heterocycles. The average molecular weight is 514 g/mol. The summed E-state index contributed by atoms with van der Waals surface area (Å²) in [6, 6.07) is -0.992. The van der Waals surface area contributed by atoms with Gasteiger partial charge in [0.1, 0.15) is 12.2 Å². The van der Waals surface area contributed by atoms with Crippen molar-refractivity contribution in [1.29, 1.82) is 0 Å². The summed E-state index contributed by atoms with van der Waals surface area (Å²) in [7, 11) is 0. The number of carbonyl (C=O) groups is 1. The van der Waals surface area contributed by atoms with Gasteiger partial charge in [0.05, 0.1) is 18.8 Å². The van der Waals surface area contributed by atoms with Crippen molar-refractivity contribution in [3.05, 3.63) is 12.2 Å². The van der Waals surface area contributed by atoms with E-state index < -0.39 is 36.9 Å². The summed E-state index contributed by atoms with van der Waals surface area (Å²) in [5.74, 6) is -0.599. The molecule has 214 valence electrons. The predicted molar refractivity (Wildman–Crippen MR) is 150 cm³/mol. The number of rotatable bonds is 26. The molecule has 4 unspecified atom stereocenters. The lowest BCUT2D eigenvalue weighted by atomic mass is 10.00. The zero-order chi connectivity index (χ0) is 26.9. The van der Waals surface area contributed by atoms with Gasteiger partial charge >= 0.3 is 0 Å². The molecular weight excluding hydrogens is 454 g/mol. The lowest BCUT2D eigenvalue weighted by Crippen LogP contribution is -2.53. The Labute approximate surface area is 222 Å². The molecular formula is C30H59NO5. The van der Waals surface area contributed by atoms with Crippen molar-refractivity contribution < 1.29 is 25.2 Å². The van der Waals surface area contributed by atoms with E-state index in [0.717, 1.165) is 38.5 Å². The van der Waals surface area contributed by atoms with E-state index in [2.05, 4.69) is 31.3 Å². The Morgan fingerprint density at radius 2 is 1.14 bits per heavy atom. The Bertz CT molecular complexity index is 514. The average Bonchev–Trinajstić information content (AvgIpc) is 2.88. The molecule has 0 fully saturated rings. The number of aliphatic hydroxyl groups is 4. The summed E-state index contributed by atoms with van der Waals surface area (Å²) in [4.78, 5) is 12.3. The molecule has 0 bridgehead atoms. The first-order valence-corrected chi connectivity index (χ1v) is 15.1. The quantitative estimate of drug-likeness (QED) is 0.0726. The van der Waals surface area contributed by atoms with E-state index in [9.17, 15) is 25.2 Å². The van der Waals surface area contributed by atoms with Crippen LogP contribution in [0.5, 0.6) is 0 Å². The van der Waals surface area contributed by atoms with E-state index in [4.69, 9.17) is 0 Å². The first-order chi connectivity index (χ1) is 17.5. The van der Waals surface area contributed by atoms with Gasteiger partial charge in [-0.1, -0.05) is 122 Å². The number of nitrogens with one attached hydrogen (secondary N) is 1. The fourth-order valence-corrected chi connectivity index (χ4v) is 4.45. The molecule has 4 atom stereocenters. The summed E-state index contributed by atoms with van der Waals surface area (Å²) in [5.41, 5.74) is 0. The Morgan fingerprint density at radius 1 is 0.667 bits per heavy atom. The molecule has 5 N–H and O–H groups in total. The maximum atomic E-state index is 12.3. The minimum absolute atomic E-state index is 0.366. The van der Waals surface area contributed by atoms with Crippen LogP contribution in [0, 0.1) is 0 Å². The van der Waals surface area contributed by atoms with Crippen LogP contribution in [-0.4, -0.2) is 57.3 Å². The van der Waals surface area contributed by atoms with E-state index in [1.165, 1.54) is 70.6 Å². The van der Waals surface area contributed by atoms with Crippen LogP contribution >= 0.6 is 0 Å². The van der Waals surface area contributed by atoms with Crippen molar-refractivity contribution in [2.45, 2.75) is 167 Å². The summed E-state index contributed by atoms with van der Waals surface area (Å²) in [5, 5.41) is 42.9. The van der Waals surface area contributed by atoms with Gasteiger partial charge in [-0.2, -0.15) is 0 Å². The van der Waals surface area contributed by atoms with Crippen molar-refractivity contribution in [3.63, 3.8) is 0 Å². The van der Waals surface area contributed by atoms with Gasteiger partial charge in [0, 0.05) is 0 Å². The summed E-state index contributed by atoms with van der Waals surface area (Å²) in [6.45, 7) is 3.91. The van der Waals surface area contributed by atoms with Crippen molar-refractivity contribution in [1.82, 2.24) is 5.32 Å². The summed E-state index contributed by atoms with van der Waals surface area (Å²) >= 11 is 0. The number of carbonyl (C=O) groups excluding carboxylic acids is 1. The Kier molecular flexibility index (Phi) is 25.0. The van der Waals surface area contributed by atoms with E-state index in [0.29, 0.717) is 19.3 Å². The third-order valence-corrected chi connectivity index (χ3v) is 6.98. The molecule has 1 amide bonds. The van der Waals surface area contributed by atoms with Gasteiger partial charge in [-0.15, -0.1) is 0 Å². The molecule has 0 rings (SSSR count). The van der Waals surface area contributed by atoms with Crippen LogP contribution in [-0.2, 0) is 4.79 Å². The molecule has 6 heteroatoms. The van der Waals surface area contributed by atoms with Gasteiger partial charge in [-0.05, 0) is 32.1 Å². The van der Waals surface area contributed by atoms with Gasteiger partial charge < -0.3 is 25.7 Å². The fraction of sp³-hybridized carbons (Fsp3) is 0.900. The number of amides is 1. The summed E-state index contributed by atoms with van der Waals surface area (Å²) in [6.07, 6.45) is 22.5. The smallest absolute Gasteiger partial charge is 0.249 e. The minimum Gasteiger partial charge on any atom is -0.394 e. The topological polar surface area (TPSA) is 110 Å². The molecule has 0 aromatic carbocycles. The Morgan fingerprint density at radius 3 is 1.64 bits per heavy atom. The van der Waals surface area contributed by atoms with E-state index in [-0.39, 0.29) is 0 Å². The highest BCUT2D eigenvalue weighted by Gasteiger charge is 2.28. The minimum atomic E-state index is -1.27. The van der Waals surface area contributed by atoms with Gasteiger partial charge in [0.2, 0.25) is 5.91 Å². The maximum absolute atomic E-state index is 12.3. The van der Waals surface area contributed by atoms with Crippen molar-refractivity contribution in [2.24, 2.45) is 0 Å². The molecule has 0 radical (unpaired) electrons. The van der Waals surface area contributed by atoms with E-state index in [1.807, 2.05) is 0 Å². The lowest BCUT2D eigenvalue weighted by Gasteiger charge is -2.27. The third-order valence-electron chi connectivity index (χ3n) is 6.98. The molecule has 0 aromatic heterocycles. The van der Waals surface area contributed by atoms with Crippen molar-refractivity contribution in [3.8, 4) is 0 Å². The van der Waals surface area contributed by atoms with Crippen LogP contribution < -0.4 is 5.32 Å². The SMILES string of the molecule is CCCC/C=C/CCCC(O)C(O)C(CO)NC(=O)C(O)CCCCCCCCCCCCCCC. The largest absolute Gasteiger partial charge is 0.394 e. The molecule has 0 aliphatic carbocycles. The Hall–Kier alpha value is -0.950. The number of hydrogen-bond donors (Lipinski definition) is 5. The molecule has 6 nitrogen and oxygen atoms in total. The molecule has 0 saturated heterocycles. The highest BCUT2D eigenvalue weighted by molar-refractivity contribution is 5.80. The van der Waals surface area contributed by atoms with Crippen molar-refractivity contribution >= 4 is 5.91 Å². The molecule has 0 aliphatic rings. The van der Waals surface area contributed by atoms with Crippen LogP contribution in [0.2, 0.25) is 0 Å².